The lowest BCUT2D eigenvalue weighted by Gasteiger charge is -2.22. The van der Waals surface area contributed by atoms with Gasteiger partial charge in [0.25, 0.3) is 0 Å². The summed E-state index contributed by atoms with van der Waals surface area (Å²) in [7, 11) is 0. The summed E-state index contributed by atoms with van der Waals surface area (Å²) in [5.74, 6) is 2.32. The molecule has 1 aliphatic heterocycles. The smallest absolute Gasteiger partial charge is 0.315 e. The molecule has 0 radical (unpaired) electrons. The van der Waals surface area contributed by atoms with E-state index in [-0.39, 0.29) is 6.03 Å². The van der Waals surface area contributed by atoms with Gasteiger partial charge in [-0.15, -0.1) is 11.3 Å². The molecule has 100 valence electrons. The number of nitrogens with one attached hydrogen (secondary N) is 2. The summed E-state index contributed by atoms with van der Waals surface area (Å²) >= 11 is 7.12. The number of urea groups is 1. The molecule has 0 saturated carbocycles. The largest absolute Gasteiger partial charge is 0.338 e. The summed E-state index contributed by atoms with van der Waals surface area (Å²) in [6.07, 6.45) is 3.08. The van der Waals surface area contributed by atoms with E-state index in [0.29, 0.717) is 12.6 Å². The van der Waals surface area contributed by atoms with E-state index in [1.165, 1.54) is 4.88 Å². The number of thioether (sulfide) groups is 1. The first kappa shape index (κ1) is 14.2. The van der Waals surface area contributed by atoms with Gasteiger partial charge >= 0.3 is 6.03 Å². The molecular formula is C12H17BrN2OS2. The highest BCUT2D eigenvalue weighted by molar-refractivity contribution is 9.11. The standard InChI is InChI=1S/C12H17BrN2OS2/c13-11-2-1-10(18-11)3-6-14-12(16)15-9-4-7-17-8-5-9/h1-2,9H,3-8H2,(H2,14,15,16). The van der Waals surface area contributed by atoms with Crippen LogP contribution in [0.15, 0.2) is 15.9 Å². The van der Waals surface area contributed by atoms with Crippen LogP contribution in [0.25, 0.3) is 0 Å². The molecule has 1 saturated heterocycles. The third-order valence-electron chi connectivity index (χ3n) is 2.84. The van der Waals surface area contributed by atoms with Gasteiger partial charge in [0.1, 0.15) is 0 Å². The number of hydrogen-bond donors (Lipinski definition) is 2. The number of carbonyl (C=O) groups is 1. The molecule has 1 aromatic rings. The van der Waals surface area contributed by atoms with Gasteiger partial charge < -0.3 is 10.6 Å². The molecule has 2 heterocycles. The summed E-state index contributed by atoms with van der Waals surface area (Å²) in [5.41, 5.74) is 0. The zero-order valence-electron chi connectivity index (χ0n) is 10.1. The topological polar surface area (TPSA) is 41.1 Å². The minimum Gasteiger partial charge on any atom is -0.338 e. The second-order valence-electron chi connectivity index (χ2n) is 4.24. The Kier molecular flexibility index (Phi) is 5.85. The highest BCUT2D eigenvalue weighted by Gasteiger charge is 2.15. The van der Waals surface area contributed by atoms with Crippen molar-refractivity contribution in [2.45, 2.75) is 25.3 Å². The van der Waals surface area contributed by atoms with E-state index in [9.17, 15) is 4.79 Å². The fraction of sp³-hybridized carbons (Fsp3) is 0.583. The average molecular weight is 349 g/mol. The Labute approximate surface area is 124 Å². The van der Waals surface area contributed by atoms with Crippen molar-refractivity contribution in [2.75, 3.05) is 18.1 Å². The minimum atomic E-state index is -0.0254. The van der Waals surface area contributed by atoms with Gasteiger partial charge in [0, 0.05) is 17.5 Å². The monoisotopic (exact) mass is 348 g/mol. The number of thiophene rings is 1. The lowest BCUT2D eigenvalue weighted by molar-refractivity contribution is 0.236. The van der Waals surface area contributed by atoms with Gasteiger partial charge in [-0.3, -0.25) is 0 Å². The van der Waals surface area contributed by atoms with Crippen molar-refractivity contribution in [3.63, 3.8) is 0 Å². The van der Waals surface area contributed by atoms with Crippen molar-refractivity contribution in [1.82, 2.24) is 10.6 Å². The van der Waals surface area contributed by atoms with Crippen LogP contribution >= 0.6 is 39.0 Å². The SMILES string of the molecule is O=C(NCCc1ccc(Br)s1)NC1CCSCC1. The predicted octanol–water partition coefficient (Wildman–Crippen LogP) is 3.25. The average Bonchev–Trinajstić information content (AvgIpc) is 2.76. The Hall–Kier alpha value is -0.200. The van der Waals surface area contributed by atoms with Crippen molar-refractivity contribution in [3.05, 3.63) is 20.8 Å². The highest BCUT2D eigenvalue weighted by atomic mass is 79.9. The molecular weight excluding hydrogens is 332 g/mol. The molecule has 2 rings (SSSR count). The number of amides is 2. The number of carbonyl (C=O) groups excluding carboxylic acids is 1. The molecule has 0 spiro atoms. The van der Waals surface area contributed by atoms with Gasteiger partial charge in [0.15, 0.2) is 0 Å². The fourth-order valence-corrected chi connectivity index (χ4v) is 4.45. The van der Waals surface area contributed by atoms with Crippen molar-refractivity contribution in [2.24, 2.45) is 0 Å². The molecule has 1 fully saturated rings. The van der Waals surface area contributed by atoms with Crippen LogP contribution in [0.1, 0.15) is 17.7 Å². The molecule has 2 N–H and O–H groups in total. The Morgan fingerprint density at radius 1 is 1.39 bits per heavy atom. The Morgan fingerprint density at radius 3 is 2.83 bits per heavy atom. The van der Waals surface area contributed by atoms with E-state index < -0.39 is 0 Å². The molecule has 0 atom stereocenters. The van der Waals surface area contributed by atoms with Crippen LogP contribution in [-0.4, -0.2) is 30.1 Å². The molecule has 1 aromatic heterocycles. The highest BCUT2D eigenvalue weighted by Crippen LogP contribution is 2.22. The van der Waals surface area contributed by atoms with Crippen molar-refractivity contribution < 1.29 is 4.79 Å². The second kappa shape index (κ2) is 7.40. The van der Waals surface area contributed by atoms with Crippen LogP contribution in [-0.2, 0) is 6.42 Å². The number of rotatable bonds is 4. The summed E-state index contributed by atoms with van der Waals surface area (Å²) < 4.78 is 1.14. The first-order valence-corrected chi connectivity index (χ1v) is 8.87. The second-order valence-corrected chi connectivity index (χ2v) is 8.02. The molecule has 6 heteroatoms. The number of halogens is 1. The van der Waals surface area contributed by atoms with Crippen LogP contribution in [0.4, 0.5) is 4.79 Å². The molecule has 0 bridgehead atoms. The van der Waals surface area contributed by atoms with E-state index in [0.717, 1.165) is 34.6 Å². The molecule has 0 aliphatic carbocycles. The van der Waals surface area contributed by atoms with Crippen LogP contribution in [0.2, 0.25) is 0 Å². The van der Waals surface area contributed by atoms with Gasteiger partial charge in [-0.1, -0.05) is 0 Å². The summed E-state index contributed by atoms with van der Waals surface area (Å²) in [4.78, 5) is 13.0. The fourth-order valence-electron chi connectivity index (χ4n) is 1.86. The van der Waals surface area contributed by atoms with E-state index in [4.69, 9.17) is 0 Å². The Balaban J connectivity index is 1.62. The third-order valence-corrected chi connectivity index (χ3v) is 5.57. The van der Waals surface area contributed by atoms with Crippen LogP contribution in [0.5, 0.6) is 0 Å². The lowest BCUT2D eigenvalue weighted by atomic mass is 10.2. The summed E-state index contributed by atoms with van der Waals surface area (Å²) in [5, 5.41) is 5.96. The van der Waals surface area contributed by atoms with E-state index in [1.807, 2.05) is 17.8 Å². The quantitative estimate of drug-likeness (QED) is 0.876. The normalized spacial score (nSPS) is 16.5. The van der Waals surface area contributed by atoms with Gasteiger partial charge in [-0.2, -0.15) is 11.8 Å². The first-order chi connectivity index (χ1) is 8.74. The molecule has 3 nitrogen and oxygen atoms in total. The summed E-state index contributed by atoms with van der Waals surface area (Å²) in [6.45, 7) is 0.695. The predicted molar refractivity (Wildman–Crippen MR) is 82.6 cm³/mol. The van der Waals surface area contributed by atoms with Crippen LogP contribution in [0.3, 0.4) is 0 Å². The molecule has 0 aromatic carbocycles. The molecule has 0 unspecified atom stereocenters. The van der Waals surface area contributed by atoms with Gasteiger partial charge in [0.05, 0.1) is 3.79 Å². The van der Waals surface area contributed by atoms with Gasteiger partial charge in [-0.05, 0) is 58.8 Å². The Morgan fingerprint density at radius 2 is 2.17 bits per heavy atom. The Bertz CT molecular complexity index is 391. The maximum atomic E-state index is 11.7. The zero-order valence-corrected chi connectivity index (χ0v) is 13.3. The zero-order chi connectivity index (χ0) is 12.8. The molecule has 18 heavy (non-hydrogen) atoms. The van der Waals surface area contributed by atoms with E-state index >= 15 is 0 Å². The van der Waals surface area contributed by atoms with Crippen LogP contribution < -0.4 is 10.6 Å². The minimum absolute atomic E-state index is 0.0254. The van der Waals surface area contributed by atoms with Crippen molar-refractivity contribution >= 4 is 45.1 Å². The van der Waals surface area contributed by atoms with Crippen molar-refractivity contribution in [1.29, 1.82) is 0 Å². The van der Waals surface area contributed by atoms with E-state index in [1.54, 1.807) is 11.3 Å². The van der Waals surface area contributed by atoms with Crippen molar-refractivity contribution in [3.8, 4) is 0 Å². The summed E-state index contributed by atoms with van der Waals surface area (Å²) in [6, 6.07) is 4.47. The maximum Gasteiger partial charge on any atom is 0.315 e. The maximum absolute atomic E-state index is 11.7. The first-order valence-electron chi connectivity index (χ1n) is 6.10. The third kappa shape index (κ3) is 4.82. The van der Waals surface area contributed by atoms with E-state index in [2.05, 4.69) is 32.6 Å². The van der Waals surface area contributed by atoms with Crippen LogP contribution in [0, 0.1) is 0 Å². The van der Waals surface area contributed by atoms with Gasteiger partial charge in [-0.25, -0.2) is 4.79 Å². The number of hydrogen-bond acceptors (Lipinski definition) is 3. The lowest BCUT2D eigenvalue weighted by Crippen LogP contribution is -2.44. The molecule has 2 amide bonds. The molecule has 1 aliphatic rings. The van der Waals surface area contributed by atoms with Gasteiger partial charge in [0.2, 0.25) is 0 Å².